The van der Waals surface area contributed by atoms with Crippen LogP contribution >= 0.6 is 0 Å². The predicted molar refractivity (Wildman–Crippen MR) is 69.1 cm³/mol. The minimum Gasteiger partial charge on any atom is -0.321 e. The maximum Gasteiger partial charge on any atom is 0.393 e. The lowest BCUT2D eigenvalue weighted by Gasteiger charge is -2.27. The lowest BCUT2D eigenvalue weighted by Crippen LogP contribution is -2.33. The van der Waals surface area contributed by atoms with Gasteiger partial charge in [0.1, 0.15) is 21.5 Å². The van der Waals surface area contributed by atoms with Gasteiger partial charge in [0, 0.05) is 19.2 Å². The molecule has 1 aliphatic rings. The molecule has 10 heteroatoms. The van der Waals surface area contributed by atoms with Crippen molar-refractivity contribution in [1.82, 2.24) is 14.8 Å². The van der Waals surface area contributed by atoms with Gasteiger partial charge in [0.2, 0.25) is 0 Å². The molecule has 2 N–H and O–H groups in total. The van der Waals surface area contributed by atoms with Crippen LogP contribution in [-0.2, 0) is 22.8 Å². The smallest absolute Gasteiger partial charge is 0.321 e. The topological polar surface area (TPSA) is 90.9 Å². The van der Waals surface area contributed by atoms with Crippen LogP contribution in [0.2, 0.25) is 0 Å². The number of nitrogens with zero attached hydrogens (tertiary/aromatic N) is 3. The zero-order valence-electron chi connectivity index (χ0n) is 11.5. The highest BCUT2D eigenvalue weighted by Gasteiger charge is 2.42. The number of sulfone groups is 1. The van der Waals surface area contributed by atoms with Gasteiger partial charge in [-0.1, -0.05) is 0 Å². The second-order valence-electron chi connectivity index (χ2n) is 5.39. The van der Waals surface area contributed by atoms with Crippen LogP contribution in [0.5, 0.6) is 0 Å². The van der Waals surface area contributed by atoms with E-state index in [0.29, 0.717) is 5.82 Å². The van der Waals surface area contributed by atoms with Gasteiger partial charge in [-0.05, 0) is 12.8 Å². The maximum absolute atomic E-state index is 12.8. The molecule has 0 spiro atoms. The Kier molecular flexibility index (Phi) is 4.29. The maximum atomic E-state index is 12.8. The van der Waals surface area contributed by atoms with E-state index >= 15 is 0 Å². The second kappa shape index (κ2) is 5.56. The summed E-state index contributed by atoms with van der Waals surface area (Å²) in [5.41, 5.74) is 5.86. The third-order valence-electron chi connectivity index (χ3n) is 3.57. The Balaban J connectivity index is 2.15. The molecule has 0 aromatic carbocycles. The fourth-order valence-electron chi connectivity index (χ4n) is 2.36. The van der Waals surface area contributed by atoms with Crippen LogP contribution in [0.3, 0.4) is 0 Å². The van der Waals surface area contributed by atoms with Gasteiger partial charge < -0.3 is 10.3 Å². The minimum atomic E-state index is -4.27. The standard InChI is InChI=1S/C11H17F3N4O2S/c1-21(19,20)5-4-8(15)10-17-16-9-3-2-7(6-18(9)10)11(12,13)14/h7-8H,2-6,15H2,1H3. The van der Waals surface area contributed by atoms with Crippen LogP contribution in [0.1, 0.15) is 30.5 Å². The highest BCUT2D eigenvalue weighted by atomic mass is 32.2. The third kappa shape index (κ3) is 3.94. The molecule has 2 heterocycles. The van der Waals surface area contributed by atoms with Gasteiger partial charge in [-0.2, -0.15) is 13.2 Å². The van der Waals surface area contributed by atoms with E-state index in [1.54, 1.807) is 0 Å². The number of rotatable bonds is 4. The highest BCUT2D eigenvalue weighted by Crippen LogP contribution is 2.35. The molecule has 120 valence electrons. The van der Waals surface area contributed by atoms with Gasteiger partial charge in [0.15, 0.2) is 0 Å². The Morgan fingerprint density at radius 2 is 2.10 bits per heavy atom. The van der Waals surface area contributed by atoms with Gasteiger partial charge >= 0.3 is 6.18 Å². The van der Waals surface area contributed by atoms with Gasteiger partial charge in [0.05, 0.1) is 17.7 Å². The molecule has 2 atom stereocenters. The van der Waals surface area contributed by atoms with E-state index in [2.05, 4.69) is 10.2 Å². The van der Waals surface area contributed by atoms with Crippen molar-refractivity contribution in [3.63, 3.8) is 0 Å². The van der Waals surface area contributed by atoms with E-state index in [0.717, 1.165) is 6.26 Å². The average molecular weight is 326 g/mol. The van der Waals surface area contributed by atoms with Crippen LogP contribution in [0.4, 0.5) is 13.2 Å². The van der Waals surface area contributed by atoms with Crippen LogP contribution in [0.15, 0.2) is 0 Å². The zero-order valence-corrected chi connectivity index (χ0v) is 12.3. The van der Waals surface area contributed by atoms with Crippen molar-refractivity contribution in [3.05, 3.63) is 11.6 Å². The first-order valence-corrected chi connectivity index (χ1v) is 8.56. The molecule has 2 rings (SSSR count). The largest absolute Gasteiger partial charge is 0.393 e. The number of hydrogen-bond donors (Lipinski definition) is 1. The lowest BCUT2D eigenvalue weighted by atomic mass is 9.98. The number of alkyl halides is 3. The average Bonchev–Trinajstić information content (AvgIpc) is 2.76. The molecular formula is C11H17F3N4O2S. The van der Waals surface area contributed by atoms with Crippen LogP contribution in [-0.4, -0.2) is 41.4 Å². The van der Waals surface area contributed by atoms with Crippen molar-refractivity contribution in [3.8, 4) is 0 Å². The molecule has 0 radical (unpaired) electrons. The number of fused-ring (bicyclic) bond motifs is 1. The van der Waals surface area contributed by atoms with Gasteiger partial charge in [-0.3, -0.25) is 0 Å². The lowest BCUT2D eigenvalue weighted by molar-refractivity contribution is -0.182. The molecule has 21 heavy (non-hydrogen) atoms. The number of aromatic nitrogens is 3. The number of nitrogens with two attached hydrogens (primary N) is 1. The minimum absolute atomic E-state index is 0.0137. The van der Waals surface area contributed by atoms with E-state index in [1.165, 1.54) is 4.57 Å². The Morgan fingerprint density at radius 3 is 2.67 bits per heavy atom. The number of hydrogen-bond acceptors (Lipinski definition) is 5. The van der Waals surface area contributed by atoms with Crippen molar-refractivity contribution in [2.24, 2.45) is 11.7 Å². The summed E-state index contributed by atoms with van der Waals surface area (Å²) in [6.07, 6.45) is -2.90. The van der Waals surface area contributed by atoms with Gasteiger partial charge in [0.25, 0.3) is 0 Å². The normalized spacial score (nSPS) is 21.1. The van der Waals surface area contributed by atoms with E-state index in [4.69, 9.17) is 5.73 Å². The van der Waals surface area contributed by atoms with E-state index in [-0.39, 0.29) is 37.4 Å². The van der Waals surface area contributed by atoms with Crippen molar-refractivity contribution in [2.75, 3.05) is 12.0 Å². The Morgan fingerprint density at radius 1 is 1.43 bits per heavy atom. The molecule has 6 nitrogen and oxygen atoms in total. The fourth-order valence-corrected chi connectivity index (χ4v) is 3.04. The SMILES string of the molecule is CS(=O)(=O)CCC(N)c1nnc2n1CC(C(F)(F)F)CC2. The fraction of sp³-hybridized carbons (Fsp3) is 0.818. The summed E-state index contributed by atoms with van der Waals surface area (Å²) in [4.78, 5) is 0. The van der Waals surface area contributed by atoms with Crippen molar-refractivity contribution < 1.29 is 21.6 Å². The van der Waals surface area contributed by atoms with Crippen LogP contribution in [0.25, 0.3) is 0 Å². The zero-order chi connectivity index (χ0) is 15.8. The molecule has 0 amide bonds. The van der Waals surface area contributed by atoms with E-state index in [1.807, 2.05) is 0 Å². The first-order valence-electron chi connectivity index (χ1n) is 6.50. The molecular weight excluding hydrogens is 309 g/mol. The molecule has 1 aliphatic heterocycles. The van der Waals surface area contributed by atoms with Crippen molar-refractivity contribution in [2.45, 2.75) is 38.0 Å². The van der Waals surface area contributed by atoms with Crippen molar-refractivity contribution in [1.29, 1.82) is 0 Å². The molecule has 2 unspecified atom stereocenters. The Hall–Kier alpha value is -1.16. The first kappa shape index (κ1) is 16.2. The van der Waals surface area contributed by atoms with Crippen LogP contribution in [0, 0.1) is 5.92 Å². The molecule has 1 aromatic heterocycles. The summed E-state index contributed by atoms with van der Waals surface area (Å²) in [6.45, 7) is -0.256. The Labute approximate surface area is 120 Å². The second-order valence-corrected chi connectivity index (χ2v) is 7.65. The molecule has 1 aromatic rings. The summed E-state index contributed by atoms with van der Waals surface area (Å²) in [5, 5.41) is 7.70. The molecule has 0 fully saturated rings. The van der Waals surface area contributed by atoms with Gasteiger partial charge in [-0.15, -0.1) is 10.2 Å². The summed E-state index contributed by atoms with van der Waals surface area (Å²) >= 11 is 0. The molecule has 0 saturated heterocycles. The summed E-state index contributed by atoms with van der Waals surface area (Å²) in [5.74, 6) is -0.885. The Bertz CT molecular complexity index is 611. The van der Waals surface area contributed by atoms with Crippen LogP contribution < -0.4 is 5.73 Å². The first-order chi connectivity index (χ1) is 9.58. The highest BCUT2D eigenvalue weighted by molar-refractivity contribution is 7.90. The third-order valence-corrected chi connectivity index (χ3v) is 4.55. The van der Waals surface area contributed by atoms with E-state index < -0.39 is 28.0 Å². The summed E-state index contributed by atoms with van der Waals surface area (Å²) in [7, 11) is -3.18. The summed E-state index contributed by atoms with van der Waals surface area (Å²) in [6, 6.07) is -0.743. The summed E-state index contributed by atoms with van der Waals surface area (Å²) < 4.78 is 62.1. The van der Waals surface area contributed by atoms with Crippen molar-refractivity contribution >= 4 is 9.84 Å². The monoisotopic (exact) mass is 326 g/mol. The quantitative estimate of drug-likeness (QED) is 0.885. The molecule has 0 bridgehead atoms. The molecule has 0 saturated carbocycles. The molecule has 0 aliphatic carbocycles. The predicted octanol–water partition coefficient (Wildman–Crippen LogP) is 0.837. The van der Waals surface area contributed by atoms with Gasteiger partial charge in [-0.25, -0.2) is 8.42 Å². The number of halogens is 3. The number of aryl methyl sites for hydroxylation is 1. The van der Waals surface area contributed by atoms with E-state index in [9.17, 15) is 21.6 Å².